The van der Waals surface area contributed by atoms with E-state index in [9.17, 15) is 13.2 Å². The van der Waals surface area contributed by atoms with E-state index in [0.29, 0.717) is 11.3 Å². The van der Waals surface area contributed by atoms with Crippen molar-refractivity contribution >= 4 is 11.3 Å². The molecule has 0 aliphatic heterocycles. The Morgan fingerprint density at radius 3 is 2.33 bits per heavy atom. The van der Waals surface area contributed by atoms with E-state index in [1.165, 1.54) is 0 Å². The van der Waals surface area contributed by atoms with Gasteiger partial charge in [-0.25, -0.2) is 0 Å². The predicted octanol–water partition coefficient (Wildman–Crippen LogP) is 1.67. The predicted molar refractivity (Wildman–Crippen MR) is 48.7 cm³/mol. The van der Waals surface area contributed by atoms with Crippen molar-refractivity contribution in [3.8, 4) is 5.19 Å². The fourth-order valence-corrected chi connectivity index (χ4v) is 1.19. The zero-order chi connectivity index (χ0) is 11.7. The Morgan fingerprint density at radius 2 is 1.93 bits per heavy atom. The lowest BCUT2D eigenvalue weighted by Gasteiger charge is -2.16. The van der Waals surface area contributed by atoms with E-state index in [2.05, 4.69) is 10.2 Å². The lowest BCUT2D eigenvalue weighted by Crippen LogP contribution is -2.38. The van der Waals surface area contributed by atoms with E-state index in [1.54, 1.807) is 13.8 Å². The molecular weight excluding hydrogens is 231 g/mol. The summed E-state index contributed by atoms with van der Waals surface area (Å²) in [6.07, 6.45) is -4.47. The summed E-state index contributed by atoms with van der Waals surface area (Å²) in [4.78, 5) is 0. The van der Waals surface area contributed by atoms with Gasteiger partial charge in [0.05, 0.1) is 0 Å². The molecule has 0 saturated heterocycles. The van der Waals surface area contributed by atoms with Crippen molar-refractivity contribution in [2.24, 2.45) is 5.73 Å². The highest BCUT2D eigenvalue weighted by Gasteiger charge is 2.36. The number of aromatic nitrogens is 2. The molecule has 0 saturated carbocycles. The Kier molecular flexibility index (Phi) is 3.19. The molecule has 4 nitrogen and oxygen atoms in total. The molecule has 0 bridgehead atoms. The zero-order valence-corrected chi connectivity index (χ0v) is 8.95. The number of ether oxygens (including phenoxy) is 1. The molecule has 2 N–H and O–H groups in total. The molecule has 0 spiro atoms. The minimum atomic E-state index is -4.47. The van der Waals surface area contributed by atoms with Crippen LogP contribution in [0.1, 0.15) is 18.9 Å². The number of hydrogen-bond acceptors (Lipinski definition) is 5. The van der Waals surface area contributed by atoms with E-state index in [-0.39, 0.29) is 11.8 Å². The van der Waals surface area contributed by atoms with Gasteiger partial charge in [-0.3, -0.25) is 0 Å². The van der Waals surface area contributed by atoms with Crippen molar-refractivity contribution in [3.05, 3.63) is 5.01 Å². The van der Waals surface area contributed by atoms with Gasteiger partial charge < -0.3 is 10.5 Å². The molecule has 15 heavy (non-hydrogen) atoms. The summed E-state index contributed by atoms with van der Waals surface area (Å²) in [5.41, 5.74) is 4.96. The van der Waals surface area contributed by atoms with Crippen molar-refractivity contribution in [1.29, 1.82) is 0 Å². The molecule has 86 valence electrons. The topological polar surface area (TPSA) is 61.0 Å². The molecule has 0 aliphatic rings. The maximum Gasteiger partial charge on any atom is 0.445 e. The number of nitrogens with two attached hydrogens (primary N) is 1. The summed E-state index contributed by atoms with van der Waals surface area (Å²) < 4.78 is 41.3. The Hall–Kier alpha value is -0.890. The third-order valence-corrected chi connectivity index (χ3v) is 2.10. The fourth-order valence-electron chi connectivity index (χ4n) is 0.630. The highest BCUT2D eigenvalue weighted by atomic mass is 32.1. The van der Waals surface area contributed by atoms with Crippen LogP contribution in [0.5, 0.6) is 5.19 Å². The first-order valence-corrected chi connectivity index (χ1v) is 4.82. The van der Waals surface area contributed by atoms with Crippen LogP contribution in [0.15, 0.2) is 0 Å². The minimum Gasteiger partial charge on any atom is -0.467 e. The molecule has 0 aromatic carbocycles. The molecule has 8 heteroatoms. The first-order chi connectivity index (χ1) is 6.68. The smallest absolute Gasteiger partial charge is 0.445 e. The maximum atomic E-state index is 12.1. The molecule has 0 radical (unpaired) electrons. The van der Waals surface area contributed by atoms with Gasteiger partial charge in [0.15, 0.2) is 0 Å². The third-order valence-electron chi connectivity index (χ3n) is 1.22. The second kappa shape index (κ2) is 3.93. The molecule has 1 aromatic rings. The van der Waals surface area contributed by atoms with E-state index in [0.717, 1.165) is 0 Å². The highest BCUT2D eigenvalue weighted by Crippen LogP contribution is 2.33. The monoisotopic (exact) mass is 241 g/mol. The first kappa shape index (κ1) is 12.2. The average Bonchev–Trinajstić information content (AvgIpc) is 2.45. The quantitative estimate of drug-likeness (QED) is 0.874. The van der Waals surface area contributed by atoms with Gasteiger partial charge in [0.25, 0.3) is 5.19 Å². The standard InChI is InChI=1S/C7H10F3N3OS/c1-6(2,11)3-14-5-13-12-4(15-5)7(8,9)10/h3,11H2,1-2H3. The van der Waals surface area contributed by atoms with E-state index < -0.39 is 16.7 Å². The van der Waals surface area contributed by atoms with Gasteiger partial charge in [-0.15, -0.1) is 5.10 Å². The SMILES string of the molecule is CC(C)(N)COc1nnc(C(F)(F)F)s1. The van der Waals surface area contributed by atoms with Crippen molar-refractivity contribution in [2.75, 3.05) is 6.61 Å². The Balaban J connectivity index is 2.62. The molecule has 0 fully saturated rings. The van der Waals surface area contributed by atoms with Gasteiger partial charge in [0.1, 0.15) is 6.61 Å². The maximum absolute atomic E-state index is 12.1. The van der Waals surface area contributed by atoms with Crippen LogP contribution in [-0.4, -0.2) is 22.3 Å². The molecule has 0 aliphatic carbocycles. The third kappa shape index (κ3) is 4.00. The Bertz CT molecular complexity index is 331. The molecule has 0 unspecified atom stereocenters. The molecule has 1 heterocycles. The zero-order valence-electron chi connectivity index (χ0n) is 8.13. The Morgan fingerprint density at radius 1 is 1.33 bits per heavy atom. The number of nitrogens with zero attached hydrogens (tertiary/aromatic N) is 2. The van der Waals surface area contributed by atoms with Gasteiger partial charge in [0.2, 0.25) is 5.01 Å². The summed E-state index contributed by atoms with van der Waals surface area (Å²) in [5.74, 6) is 0. The summed E-state index contributed by atoms with van der Waals surface area (Å²) in [7, 11) is 0. The van der Waals surface area contributed by atoms with Crippen molar-refractivity contribution < 1.29 is 17.9 Å². The van der Waals surface area contributed by atoms with E-state index >= 15 is 0 Å². The molecule has 1 rings (SSSR count). The largest absolute Gasteiger partial charge is 0.467 e. The van der Waals surface area contributed by atoms with E-state index in [4.69, 9.17) is 10.5 Å². The van der Waals surface area contributed by atoms with Crippen LogP contribution in [0.2, 0.25) is 0 Å². The van der Waals surface area contributed by atoms with Crippen LogP contribution in [-0.2, 0) is 6.18 Å². The van der Waals surface area contributed by atoms with E-state index in [1.807, 2.05) is 0 Å². The van der Waals surface area contributed by atoms with Crippen LogP contribution in [0.4, 0.5) is 13.2 Å². The lowest BCUT2D eigenvalue weighted by molar-refractivity contribution is -0.138. The Labute approximate surface area is 88.3 Å². The van der Waals surface area contributed by atoms with Gasteiger partial charge in [-0.1, -0.05) is 16.4 Å². The molecule has 1 aromatic heterocycles. The van der Waals surface area contributed by atoms with Gasteiger partial charge in [-0.2, -0.15) is 13.2 Å². The van der Waals surface area contributed by atoms with Crippen molar-refractivity contribution in [2.45, 2.75) is 25.6 Å². The number of alkyl halides is 3. The van der Waals surface area contributed by atoms with Crippen molar-refractivity contribution in [1.82, 2.24) is 10.2 Å². The molecular formula is C7H10F3N3OS. The average molecular weight is 241 g/mol. The number of halogens is 3. The lowest BCUT2D eigenvalue weighted by atomic mass is 10.1. The van der Waals surface area contributed by atoms with Gasteiger partial charge in [-0.05, 0) is 13.8 Å². The highest BCUT2D eigenvalue weighted by molar-refractivity contribution is 7.13. The van der Waals surface area contributed by atoms with Crippen LogP contribution < -0.4 is 10.5 Å². The summed E-state index contributed by atoms with van der Waals surface area (Å²) in [5, 5.41) is 5.08. The van der Waals surface area contributed by atoms with Gasteiger partial charge in [0, 0.05) is 5.54 Å². The second-order valence-corrected chi connectivity index (χ2v) is 4.59. The van der Waals surface area contributed by atoms with Crippen LogP contribution in [0.3, 0.4) is 0 Å². The van der Waals surface area contributed by atoms with Crippen LogP contribution in [0, 0.1) is 0 Å². The van der Waals surface area contributed by atoms with Gasteiger partial charge >= 0.3 is 6.18 Å². The van der Waals surface area contributed by atoms with Crippen LogP contribution in [0.25, 0.3) is 0 Å². The van der Waals surface area contributed by atoms with Crippen LogP contribution >= 0.6 is 11.3 Å². The fraction of sp³-hybridized carbons (Fsp3) is 0.714. The number of hydrogen-bond donors (Lipinski definition) is 1. The normalized spacial score (nSPS) is 12.9. The first-order valence-electron chi connectivity index (χ1n) is 4.01. The minimum absolute atomic E-state index is 0.0828. The summed E-state index contributed by atoms with van der Waals surface area (Å²) in [6, 6.07) is 0. The summed E-state index contributed by atoms with van der Waals surface area (Å²) in [6.45, 7) is 3.47. The number of rotatable bonds is 3. The summed E-state index contributed by atoms with van der Waals surface area (Å²) >= 11 is 0.356. The molecule has 0 atom stereocenters. The second-order valence-electron chi connectivity index (χ2n) is 3.65. The molecule has 0 amide bonds. The van der Waals surface area contributed by atoms with Crippen molar-refractivity contribution in [3.63, 3.8) is 0 Å².